The van der Waals surface area contributed by atoms with E-state index in [1.54, 1.807) is 0 Å². The minimum Gasteiger partial charge on any atom is -0.389 e. The molecule has 2 rings (SSSR count). The normalized spacial score (nSPS) is 11.1. The van der Waals surface area contributed by atoms with Gasteiger partial charge in [-0.05, 0) is 28.1 Å². The summed E-state index contributed by atoms with van der Waals surface area (Å²) in [6.07, 6.45) is 2.53. The second-order valence-corrected chi connectivity index (χ2v) is 6.71. The van der Waals surface area contributed by atoms with E-state index in [4.69, 9.17) is 18.0 Å². The van der Waals surface area contributed by atoms with Gasteiger partial charge >= 0.3 is 0 Å². The molecule has 0 aliphatic rings. The fraction of sp³-hybridized carbons (Fsp3) is 0. The minimum absolute atomic E-state index is 0.0173. The summed E-state index contributed by atoms with van der Waals surface area (Å²) in [5, 5.41) is 0. The largest absolute Gasteiger partial charge is 0.389 e. The van der Waals surface area contributed by atoms with Crippen LogP contribution >= 0.6 is 28.1 Å². The second kappa shape index (κ2) is 6.00. The highest BCUT2D eigenvalue weighted by Gasteiger charge is 2.23. The zero-order chi connectivity index (χ0) is 15.6. The number of benzene rings is 1. The van der Waals surface area contributed by atoms with Crippen LogP contribution in [-0.4, -0.2) is 23.4 Å². The van der Waals surface area contributed by atoms with E-state index in [0.29, 0.717) is 4.60 Å². The minimum atomic E-state index is -4.10. The SMILES string of the molecule is NC(=S)c1c(F)cccc1S(=O)(=O)Nc1cnc(Br)cn1. The average Bonchev–Trinajstić information content (AvgIpc) is 2.40. The lowest BCUT2D eigenvalue weighted by molar-refractivity contribution is 0.594. The number of halogens is 2. The molecule has 1 heterocycles. The number of thiocarbonyl (C=S) groups is 1. The lowest BCUT2D eigenvalue weighted by Gasteiger charge is -2.11. The highest BCUT2D eigenvalue weighted by Crippen LogP contribution is 2.21. The van der Waals surface area contributed by atoms with Crippen molar-refractivity contribution in [3.05, 3.63) is 46.6 Å². The van der Waals surface area contributed by atoms with E-state index < -0.39 is 15.8 Å². The third-order valence-corrected chi connectivity index (χ3v) is 4.38. The Morgan fingerprint density at radius 1 is 1.33 bits per heavy atom. The van der Waals surface area contributed by atoms with E-state index in [1.807, 2.05) is 0 Å². The molecule has 0 fully saturated rings. The summed E-state index contributed by atoms with van der Waals surface area (Å²) < 4.78 is 40.9. The van der Waals surface area contributed by atoms with Crippen molar-refractivity contribution < 1.29 is 12.8 Å². The Hall–Kier alpha value is -1.65. The topological polar surface area (TPSA) is 98.0 Å². The van der Waals surface area contributed by atoms with Crippen LogP contribution in [0.25, 0.3) is 0 Å². The van der Waals surface area contributed by atoms with Gasteiger partial charge in [0.1, 0.15) is 20.3 Å². The molecule has 0 saturated carbocycles. The van der Waals surface area contributed by atoms with Gasteiger partial charge in [0.05, 0.1) is 18.0 Å². The summed E-state index contributed by atoms with van der Waals surface area (Å²) in [5.74, 6) is -0.830. The number of sulfonamides is 1. The Balaban J connectivity index is 2.47. The first kappa shape index (κ1) is 15.7. The lowest BCUT2D eigenvalue weighted by Crippen LogP contribution is -2.21. The maximum Gasteiger partial charge on any atom is 0.263 e. The van der Waals surface area contributed by atoms with Gasteiger partial charge in [0, 0.05) is 0 Å². The van der Waals surface area contributed by atoms with Crippen molar-refractivity contribution in [2.45, 2.75) is 4.90 Å². The Morgan fingerprint density at radius 3 is 2.62 bits per heavy atom. The molecule has 0 radical (unpaired) electrons. The quantitative estimate of drug-likeness (QED) is 0.772. The van der Waals surface area contributed by atoms with Gasteiger partial charge in [0.25, 0.3) is 10.0 Å². The molecule has 6 nitrogen and oxygen atoms in total. The molecule has 0 bridgehead atoms. The number of aromatic nitrogens is 2. The Bertz CT molecular complexity index is 796. The Morgan fingerprint density at radius 2 is 2.05 bits per heavy atom. The van der Waals surface area contributed by atoms with E-state index in [0.717, 1.165) is 6.07 Å². The van der Waals surface area contributed by atoms with Crippen LogP contribution in [0.5, 0.6) is 0 Å². The van der Waals surface area contributed by atoms with Crippen molar-refractivity contribution in [1.29, 1.82) is 0 Å². The lowest BCUT2D eigenvalue weighted by atomic mass is 10.2. The van der Waals surface area contributed by atoms with Crippen LogP contribution < -0.4 is 10.5 Å². The molecule has 21 heavy (non-hydrogen) atoms. The molecular formula is C11H8BrFN4O2S2. The second-order valence-electron chi connectivity index (χ2n) is 3.81. The fourth-order valence-corrected chi connectivity index (χ4v) is 3.23. The third kappa shape index (κ3) is 3.52. The number of anilines is 1. The van der Waals surface area contributed by atoms with Gasteiger partial charge in [-0.15, -0.1) is 0 Å². The zero-order valence-corrected chi connectivity index (χ0v) is 13.5. The standard InChI is InChI=1S/C11H8BrFN4O2S2/c12-8-4-16-9(5-15-8)17-21(18,19)7-3-1-2-6(13)10(7)11(14)20/h1-5H,(H2,14,20)(H,16,17). The van der Waals surface area contributed by atoms with Crippen LogP contribution in [0, 0.1) is 5.82 Å². The first-order valence-corrected chi connectivity index (χ1v) is 8.08. The molecule has 0 aliphatic heterocycles. The molecule has 1 aromatic carbocycles. The van der Waals surface area contributed by atoms with Gasteiger partial charge in [-0.2, -0.15) is 0 Å². The summed E-state index contributed by atoms with van der Waals surface area (Å²) in [7, 11) is -4.10. The van der Waals surface area contributed by atoms with Crippen LogP contribution in [0.15, 0.2) is 40.1 Å². The third-order valence-electron chi connectivity index (χ3n) is 2.37. The Labute approximate surface area is 133 Å². The van der Waals surface area contributed by atoms with E-state index in [9.17, 15) is 12.8 Å². The first-order chi connectivity index (χ1) is 9.81. The van der Waals surface area contributed by atoms with Gasteiger partial charge in [0.15, 0.2) is 5.82 Å². The molecule has 0 aliphatic carbocycles. The van der Waals surface area contributed by atoms with Gasteiger partial charge in [-0.3, -0.25) is 4.72 Å². The monoisotopic (exact) mass is 390 g/mol. The van der Waals surface area contributed by atoms with Crippen LogP contribution in [0.3, 0.4) is 0 Å². The molecular weight excluding hydrogens is 383 g/mol. The summed E-state index contributed by atoms with van der Waals surface area (Å²) >= 11 is 7.78. The van der Waals surface area contributed by atoms with Crippen molar-refractivity contribution in [1.82, 2.24) is 9.97 Å². The van der Waals surface area contributed by atoms with Gasteiger partial charge in [-0.25, -0.2) is 22.8 Å². The first-order valence-electron chi connectivity index (χ1n) is 5.40. The summed E-state index contributed by atoms with van der Waals surface area (Å²) in [6.45, 7) is 0. The van der Waals surface area contributed by atoms with E-state index in [1.165, 1.54) is 24.5 Å². The van der Waals surface area contributed by atoms with Crippen molar-refractivity contribution in [3.8, 4) is 0 Å². The summed E-state index contributed by atoms with van der Waals surface area (Å²) in [4.78, 5) is 6.95. The van der Waals surface area contributed by atoms with Gasteiger partial charge < -0.3 is 5.73 Å². The molecule has 3 N–H and O–H groups in total. The van der Waals surface area contributed by atoms with Gasteiger partial charge in [0.2, 0.25) is 0 Å². The maximum atomic E-state index is 13.7. The molecule has 0 amide bonds. The van der Waals surface area contributed by atoms with E-state index >= 15 is 0 Å². The zero-order valence-electron chi connectivity index (χ0n) is 10.2. The molecule has 1 aromatic heterocycles. The number of hydrogen-bond acceptors (Lipinski definition) is 5. The molecule has 0 unspecified atom stereocenters. The smallest absolute Gasteiger partial charge is 0.263 e. The van der Waals surface area contributed by atoms with Crippen LogP contribution in [0.1, 0.15) is 5.56 Å². The van der Waals surface area contributed by atoms with Crippen LogP contribution in [0.4, 0.5) is 10.2 Å². The average molecular weight is 391 g/mol. The molecule has 110 valence electrons. The number of rotatable bonds is 4. The molecule has 0 saturated heterocycles. The van der Waals surface area contributed by atoms with Gasteiger partial charge in [-0.1, -0.05) is 18.3 Å². The molecule has 0 spiro atoms. The van der Waals surface area contributed by atoms with Crippen molar-refractivity contribution >= 4 is 49.0 Å². The van der Waals surface area contributed by atoms with Crippen LogP contribution in [-0.2, 0) is 10.0 Å². The molecule has 2 aromatic rings. The predicted octanol–water partition coefficient (Wildman–Crippen LogP) is 1.81. The molecule has 10 heteroatoms. The number of hydrogen-bond donors (Lipinski definition) is 2. The fourth-order valence-electron chi connectivity index (χ4n) is 1.53. The maximum absolute atomic E-state index is 13.7. The summed E-state index contributed by atoms with van der Waals surface area (Å²) in [5.41, 5.74) is 5.05. The number of nitrogens with zero attached hydrogens (tertiary/aromatic N) is 2. The van der Waals surface area contributed by atoms with E-state index in [2.05, 4.69) is 30.6 Å². The van der Waals surface area contributed by atoms with Crippen molar-refractivity contribution in [2.75, 3.05) is 4.72 Å². The van der Waals surface area contributed by atoms with E-state index in [-0.39, 0.29) is 21.3 Å². The Kier molecular flexibility index (Phi) is 4.49. The predicted molar refractivity (Wildman–Crippen MR) is 82.8 cm³/mol. The van der Waals surface area contributed by atoms with Crippen molar-refractivity contribution in [2.24, 2.45) is 5.73 Å². The van der Waals surface area contributed by atoms with Crippen molar-refractivity contribution in [3.63, 3.8) is 0 Å². The summed E-state index contributed by atoms with van der Waals surface area (Å²) in [6, 6.07) is 3.53. The number of nitrogens with two attached hydrogens (primary N) is 1. The molecule has 0 atom stereocenters. The van der Waals surface area contributed by atoms with Crippen LogP contribution in [0.2, 0.25) is 0 Å². The highest BCUT2D eigenvalue weighted by atomic mass is 79.9. The highest BCUT2D eigenvalue weighted by molar-refractivity contribution is 9.10. The number of nitrogens with one attached hydrogen (secondary N) is 1.